The summed E-state index contributed by atoms with van der Waals surface area (Å²) in [7, 11) is 0. The van der Waals surface area contributed by atoms with Crippen LogP contribution in [-0.4, -0.2) is 42.3 Å². The van der Waals surface area contributed by atoms with Gasteiger partial charge in [0, 0.05) is 28.9 Å². The van der Waals surface area contributed by atoms with E-state index in [4.69, 9.17) is 0 Å². The average Bonchev–Trinajstić information content (AvgIpc) is 2.73. The Balaban J connectivity index is 2.46. The number of benzene rings is 2. The molecule has 0 radical (unpaired) electrons. The molecule has 0 saturated carbocycles. The second-order valence-corrected chi connectivity index (χ2v) is 6.36. The first kappa shape index (κ1) is 23.9. The van der Waals surface area contributed by atoms with Gasteiger partial charge in [-0.15, -0.1) is 0 Å². The molecule has 166 valence electrons. The molecule has 0 bridgehead atoms. The fraction of sp³-hybridized carbons (Fsp3) is 0.286. The quantitative estimate of drug-likeness (QED) is 0.663. The number of carboxylic acid groups (broad SMARTS) is 1. The minimum absolute atomic E-state index is 0.0565. The fourth-order valence-corrected chi connectivity index (χ4v) is 2.95. The Kier molecular flexibility index (Phi) is 7.06. The van der Waals surface area contributed by atoms with Crippen LogP contribution in [0.1, 0.15) is 40.1 Å². The number of nitrogens with zero attached hydrogens (tertiary/aromatic N) is 1. The Labute approximate surface area is 175 Å². The predicted octanol–water partition coefficient (Wildman–Crippen LogP) is 2.03. The maximum Gasteiger partial charge on any atom is 0.432 e. The summed E-state index contributed by atoms with van der Waals surface area (Å²) in [6.45, 7) is 2.57. The minimum Gasteiger partial charge on any atom is -0.545 e. The zero-order valence-corrected chi connectivity index (χ0v) is 16.6. The molecule has 1 N–H and O–H groups in total. The number of esters is 1. The van der Waals surface area contributed by atoms with E-state index in [1.165, 1.54) is 31.2 Å². The number of carbonyl (C=O) groups is 3. The second kappa shape index (κ2) is 9.17. The van der Waals surface area contributed by atoms with Crippen LogP contribution in [0.4, 0.5) is 18.9 Å². The largest absolute Gasteiger partial charge is 0.545 e. The number of hydrogen-bond donors (Lipinski definition) is 1. The molecular formula is C21H19F3NO6-. The van der Waals surface area contributed by atoms with E-state index in [1.807, 2.05) is 0 Å². The van der Waals surface area contributed by atoms with Crippen LogP contribution >= 0.6 is 0 Å². The van der Waals surface area contributed by atoms with Crippen molar-refractivity contribution in [1.82, 2.24) is 0 Å². The first-order valence-electron chi connectivity index (χ1n) is 9.18. The van der Waals surface area contributed by atoms with Gasteiger partial charge in [0.15, 0.2) is 0 Å². The maximum atomic E-state index is 13.5. The summed E-state index contributed by atoms with van der Waals surface area (Å²) in [4.78, 5) is 37.1. The summed E-state index contributed by atoms with van der Waals surface area (Å²) in [6, 6.07) is 9.26. The molecule has 0 aromatic heterocycles. The topological polar surface area (TPSA) is 107 Å². The number of aromatic carboxylic acids is 1. The van der Waals surface area contributed by atoms with E-state index in [2.05, 4.69) is 4.74 Å². The summed E-state index contributed by atoms with van der Waals surface area (Å²) in [6.07, 6.45) is -5.35. The normalized spacial score (nSPS) is 13.2. The SMILES string of the molecule is CCOC(=O)[C@](O)(c1ccc(N(CC)C(=O)c2ccccc2C(=O)[O-])cc1)C(F)(F)F. The molecule has 2 rings (SSSR count). The van der Waals surface area contributed by atoms with Crippen LogP contribution in [0, 0.1) is 0 Å². The predicted molar refractivity (Wildman–Crippen MR) is 101 cm³/mol. The minimum atomic E-state index is -5.35. The van der Waals surface area contributed by atoms with Crippen LogP contribution in [0.3, 0.4) is 0 Å². The molecule has 0 heterocycles. The van der Waals surface area contributed by atoms with Crippen LogP contribution < -0.4 is 10.0 Å². The van der Waals surface area contributed by atoms with Gasteiger partial charge in [0.05, 0.1) is 12.6 Å². The van der Waals surface area contributed by atoms with Gasteiger partial charge < -0.3 is 24.6 Å². The molecule has 0 fully saturated rings. The first-order valence-corrected chi connectivity index (χ1v) is 9.18. The van der Waals surface area contributed by atoms with E-state index in [-0.39, 0.29) is 30.0 Å². The number of amides is 1. The maximum absolute atomic E-state index is 13.5. The number of carbonyl (C=O) groups excluding carboxylic acids is 3. The number of carboxylic acids is 1. The van der Waals surface area contributed by atoms with Crippen molar-refractivity contribution in [3.8, 4) is 0 Å². The lowest BCUT2D eigenvalue weighted by molar-refractivity contribution is -0.268. The first-order chi connectivity index (χ1) is 14.5. The van der Waals surface area contributed by atoms with Gasteiger partial charge in [-0.25, -0.2) is 4.79 Å². The number of anilines is 1. The van der Waals surface area contributed by atoms with E-state index in [1.54, 1.807) is 6.92 Å². The molecule has 7 nitrogen and oxygen atoms in total. The Hall–Kier alpha value is -3.40. The number of alkyl halides is 3. The van der Waals surface area contributed by atoms with Gasteiger partial charge in [-0.2, -0.15) is 13.2 Å². The Bertz CT molecular complexity index is 974. The van der Waals surface area contributed by atoms with Crippen LogP contribution in [0.2, 0.25) is 0 Å². The Morgan fingerprint density at radius 1 is 1.00 bits per heavy atom. The molecule has 0 aliphatic heterocycles. The van der Waals surface area contributed by atoms with E-state index in [0.717, 1.165) is 29.2 Å². The third kappa shape index (κ3) is 4.53. The van der Waals surface area contributed by atoms with Crippen molar-refractivity contribution in [2.24, 2.45) is 0 Å². The molecule has 10 heteroatoms. The van der Waals surface area contributed by atoms with Crippen molar-refractivity contribution in [3.63, 3.8) is 0 Å². The lowest BCUT2D eigenvalue weighted by Crippen LogP contribution is -2.50. The highest BCUT2D eigenvalue weighted by Crippen LogP contribution is 2.40. The monoisotopic (exact) mass is 438 g/mol. The van der Waals surface area contributed by atoms with E-state index >= 15 is 0 Å². The highest BCUT2D eigenvalue weighted by molar-refractivity contribution is 6.11. The molecule has 31 heavy (non-hydrogen) atoms. The second-order valence-electron chi connectivity index (χ2n) is 6.36. The van der Waals surface area contributed by atoms with Gasteiger partial charge in [-0.1, -0.05) is 30.3 Å². The molecule has 0 unspecified atom stereocenters. The molecule has 0 aliphatic carbocycles. The van der Waals surface area contributed by atoms with Crippen LogP contribution in [0.15, 0.2) is 48.5 Å². The zero-order chi connectivity index (χ0) is 23.4. The lowest BCUT2D eigenvalue weighted by atomic mass is 9.92. The van der Waals surface area contributed by atoms with Crippen molar-refractivity contribution in [3.05, 3.63) is 65.2 Å². The standard InChI is InChI=1S/C21H20F3NO6/c1-3-25(17(26)15-7-5-6-8-16(15)18(27)28)14-11-9-13(10-12-14)20(30,21(22,23)24)19(29)31-4-2/h5-12,30H,3-4H2,1-2H3,(H,27,28)/p-1/t20-/m1/s1. The van der Waals surface area contributed by atoms with Crippen LogP contribution in [-0.2, 0) is 15.1 Å². The lowest BCUT2D eigenvalue weighted by Gasteiger charge is -2.29. The Morgan fingerprint density at radius 3 is 2.00 bits per heavy atom. The molecule has 0 saturated heterocycles. The van der Waals surface area contributed by atoms with Gasteiger partial charge in [-0.05, 0) is 32.0 Å². The van der Waals surface area contributed by atoms with Crippen molar-refractivity contribution < 1.29 is 42.5 Å². The molecular weight excluding hydrogens is 419 g/mol. The average molecular weight is 438 g/mol. The molecule has 1 amide bonds. The number of rotatable bonds is 7. The summed E-state index contributed by atoms with van der Waals surface area (Å²) in [5.74, 6) is -4.15. The van der Waals surface area contributed by atoms with Crippen LogP contribution in [0.25, 0.3) is 0 Å². The fourth-order valence-electron chi connectivity index (χ4n) is 2.95. The van der Waals surface area contributed by atoms with E-state index in [0.29, 0.717) is 0 Å². The number of aliphatic hydroxyl groups is 1. The number of hydrogen-bond acceptors (Lipinski definition) is 6. The van der Waals surface area contributed by atoms with Crippen molar-refractivity contribution in [1.29, 1.82) is 0 Å². The highest BCUT2D eigenvalue weighted by atomic mass is 19.4. The molecule has 2 aromatic rings. The summed E-state index contributed by atoms with van der Waals surface area (Å²) in [5.41, 5.74) is -5.05. The summed E-state index contributed by atoms with van der Waals surface area (Å²) in [5, 5.41) is 21.4. The van der Waals surface area contributed by atoms with Crippen molar-refractivity contribution in [2.45, 2.75) is 25.6 Å². The van der Waals surface area contributed by atoms with Gasteiger partial charge in [0.2, 0.25) is 0 Å². The van der Waals surface area contributed by atoms with Gasteiger partial charge in [-0.3, -0.25) is 4.79 Å². The van der Waals surface area contributed by atoms with Gasteiger partial charge in [0.1, 0.15) is 0 Å². The number of halogens is 3. The molecule has 0 aliphatic rings. The van der Waals surface area contributed by atoms with Crippen LogP contribution in [0.5, 0.6) is 0 Å². The highest BCUT2D eigenvalue weighted by Gasteiger charge is 2.62. The van der Waals surface area contributed by atoms with Gasteiger partial charge >= 0.3 is 12.1 Å². The molecule has 1 atom stereocenters. The zero-order valence-electron chi connectivity index (χ0n) is 16.6. The third-order valence-corrected chi connectivity index (χ3v) is 4.52. The number of ether oxygens (including phenoxy) is 1. The van der Waals surface area contributed by atoms with Gasteiger partial charge in [0.25, 0.3) is 11.5 Å². The molecule has 2 aromatic carbocycles. The smallest absolute Gasteiger partial charge is 0.432 e. The summed E-state index contributed by atoms with van der Waals surface area (Å²) >= 11 is 0. The van der Waals surface area contributed by atoms with E-state index in [9.17, 15) is 37.8 Å². The summed E-state index contributed by atoms with van der Waals surface area (Å²) < 4.78 is 44.8. The Morgan fingerprint density at radius 2 is 1.55 bits per heavy atom. The van der Waals surface area contributed by atoms with Crippen molar-refractivity contribution in [2.75, 3.05) is 18.1 Å². The van der Waals surface area contributed by atoms with Crippen molar-refractivity contribution >= 4 is 23.5 Å². The van der Waals surface area contributed by atoms with E-state index < -0.39 is 35.2 Å². The molecule has 0 spiro atoms. The third-order valence-electron chi connectivity index (χ3n) is 4.52.